The van der Waals surface area contributed by atoms with Crippen LogP contribution in [0.3, 0.4) is 0 Å². The summed E-state index contributed by atoms with van der Waals surface area (Å²) in [6, 6.07) is 9.36. The Hall–Kier alpha value is -1.76. The van der Waals surface area contributed by atoms with Crippen LogP contribution in [-0.2, 0) is 6.42 Å². The molecule has 1 atom stereocenters. The maximum absolute atomic E-state index is 8.89. The van der Waals surface area contributed by atoms with E-state index < -0.39 is 6.29 Å². The van der Waals surface area contributed by atoms with Crippen LogP contribution in [0.15, 0.2) is 30.3 Å². The molecular weight excluding hydrogens is 220 g/mol. The highest BCUT2D eigenvalue weighted by molar-refractivity contribution is 5.17. The van der Waals surface area contributed by atoms with Crippen molar-refractivity contribution >= 4 is 0 Å². The van der Waals surface area contributed by atoms with Crippen molar-refractivity contribution in [1.82, 2.24) is 15.2 Å². The number of aromatic nitrogens is 3. The van der Waals surface area contributed by atoms with Crippen LogP contribution in [0.5, 0.6) is 0 Å². The van der Waals surface area contributed by atoms with E-state index in [9.17, 15) is 0 Å². The number of nitrogens with zero attached hydrogens (tertiary/aromatic N) is 2. The van der Waals surface area contributed by atoms with Gasteiger partial charge in [0.1, 0.15) is 0 Å². The van der Waals surface area contributed by atoms with Gasteiger partial charge in [0.25, 0.3) is 0 Å². The van der Waals surface area contributed by atoms with Gasteiger partial charge in [-0.1, -0.05) is 30.3 Å². The average molecular weight is 234 g/mol. The number of hydrogen-bond donors (Lipinski definition) is 4. The summed E-state index contributed by atoms with van der Waals surface area (Å²) >= 11 is 0. The quantitative estimate of drug-likeness (QED) is 0.558. The lowest BCUT2D eigenvalue weighted by atomic mass is 10.1. The Morgan fingerprint density at radius 3 is 2.53 bits per heavy atom. The summed E-state index contributed by atoms with van der Waals surface area (Å²) in [7, 11) is 0. The lowest BCUT2D eigenvalue weighted by Crippen LogP contribution is -2.15. The van der Waals surface area contributed by atoms with Crippen molar-refractivity contribution in [2.75, 3.05) is 0 Å². The Morgan fingerprint density at radius 1 is 1.24 bits per heavy atom. The van der Waals surface area contributed by atoms with Gasteiger partial charge >= 0.3 is 0 Å². The lowest BCUT2D eigenvalue weighted by Gasteiger charge is -2.07. The Kier molecular flexibility index (Phi) is 3.48. The zero-order chi connectivity index (χ0) is 12.3. The molecule has 17 heavy (non-hydrogen) atoms. The third kappa shape index (κ3) is 2.88. The number of nitrogens with two attached hydrogens (primary N) is 1. The first-order valence-corrected chi connectivity index (χ1v) is 5.24. The SMILES string of the molecule is N[C@@H](Cc1ccccc1)c1n[nH]c(C(O)O)n1. The predicted molar refractivity (Wildman–Crippen MR) is 60.6 cm³/mol. The molecule has 1 aromatic heterocycles. The van der Waals surface area contributed by atoms with E-state index in [1.165, 1.54) is 0 Å². The molecule has 0 bridgehead atoms. The van der Waals surface area contributed by atoms with Crippen LogP contribution in [0.1, 0.15) is 29.5 Å². The first kappa shape index (κ1) is 11.7. The molecule has 90 valence electrons. The lowest BCUT2D eigenvalue weighted by molar-refractivity contribution is -0.0492. The molecule has 0 aliphatic heterocycles. The third-order valence-corrected chi connectivity index (χ3v) is 2.39. The molecule has 0 unspecified atom stereocenters. The number of rotatable bonds is 4. The fourth-order valence-electron chi connectivity index (χ4n) is 1.53. The number of hydrogen-bond acceptors (Lipinski definition) is 5. The van der Waals surface area contributed by atoms with Gasteiger partial charge in [0.2, 0.25) is 6.29 Å². The number of aliphatic hydroxyl groups excluding tert-OH is 1. The summed E-state index contributed by atoms with van der Waals surface area (Å²) in [5.41, 5.74) is 7.01. The van der Waals surface area contributed by atoms with Gasteiger partial charge in [-0.25, -0.2) is 4.98 Å². The second kappa shape index (κ2) is 5.05. The Balaban J connectivity index is 2.07. The number of aliphatic hydroxyl groups is 2. The van der Waals surface area contributed by atoms with Crippen molar-refractivity contribution in [3.8, 4) is 0 Å². The molecule has 5 N–H and O–H groups in total. The minimum Gasteiger partial charge on any atom is -0.362 e. The summed E-state index contributed by atoms with van der Waals surface area (Å²) in [6.45, 7) is 0. The Bertz CT molecular complexity index is 469. The topological polar surface area (TPSA) is 108 Å². The molecule has 0 saturated heterocycles. The highest BCUT2D eigenvalue weighted by Gasteiger charge is 2.15. The van der Waals surface area contributed by atoms with Crippen LogP contribution in [-0.4, -0.2) is 25.4 Å². The van der Waals surface area contributed by atoms with E-state index in [1.807, 2.05) is 30.3 Å². The van der Waals surface area contributed by atoms with Gasteiger partial charge in [-0.2, -0.15) is 5.10 Å². The molecule has 1 aromatic carbocycles. The molecule has 1 heterocycles. The fourth-order valence-corrected chi connectivity index (χ4v) is 1.53. The van der Waals surface area contributed by atoms with Crippen LogP contribution < -0.4 is 5.73 Å². The molecule has 0 fully saturated rings. The van der Waals surface area contributed by atoms with Gasteiger partial charge in [-0.05, 0) is 12.0 Å². The van der Waals surface area contributed by atoms with E-state index in [0.717, 1.165) is 5.56 Å². The molecule has 0 amide bonds. The van der Waals surface area contributed by atoms with E-state index >= 15 is 0 Å². The third-order valence-electron chi connectivity index (χ3n) is 2.39. The van der Waals surface area contributed by atoms with Crippen LogP contribution in [0.4, 0.5) is 0 Å². The van der Waals surface area contributed by atoms with Crippen LogP contribution >= 0.6 is 0 Å². The summed E-state index contributed by atoms with van der Waals surface area (Å²) in [6.07, 6.45) is -1.06. The molecule has 6 heteroatoms. The first-order chi connectivity index (χ1) is 8.16. The van der Waals surface area contributed by atoms with Crippen LogP contribution in [0, 0.1) is 0 Å². The van der Waals surface area contributed by atoms with Crippen molar-refractivity contribution < 1.29 is 10.2 Å². The highest BCUT2D eigenvalue weighted by Crippen LogP contribution is 2.13. The van der Waals surface area contributed by atoms with Crippen LogP contribution in [0.25, 0.3) is 0 Å². The summed E-state index contributed by atoms with van der Waals surface area (Å²) in [5.74, 6) is 0.375. The van der Waals surface area contributed by atoms with Gasteiger partial charge < -0.3 is 15.9 Å². The van der Waals surface area contributed by atoms with Crippen molar-refractivity contribution in [3.05, 3.63) is 47.5 Å². The minimum absolute atomic E-state index is 0.00325. The van der Waals surface area contributed by atoms with E-state index in [1.54, 1.807) is 0 Å². The summed E-state index contributed by atoms with van der Waals surface area (Å²) < 4.78 is 0. The van der Waals surface area contributed by atoms with Crippen molar-refractivity contribution in [3.63, 3.8) is 0 Å². The molecule has 2 aromatic rings. The standard InChI is InChI=1S/C11H14N4O2/c12-8(6-7-4-2-1-3-5-7)9-13-10(11(16)17)15-14-9/h1-5,8,11,16-17H,6,12H2,(H,13,14,15)/t8-/m0/s1. The number of nitrogens with one attached hydrogen (secondary N) is 1. The van der Waals surface area contributed by atoms with Crippen molar-refractivity contribution in [1.29, 1.82) is 0 Å². The number of benzene rings is 1. The molecule has 2 rings (SSSR count). The molecule has 0 radical (unpaired) electrons. The minimum atomic E-state index is -1.65. The zero-order valence-electron chi connectivity index (χ0n) is 9.11. The summed E-state index contributed by atoms with van der Waals surface area (Å²) in [4.78, 5) is 3.91. The summed E-state index contributed by atoms with van der Waals surface area (Å²) in [5, 5.41) is 24.1. The first-order valence-electron chi connectivity index (χ1n) is 5.24. The maximum Gasteiger partial charge on any atom is 0.213 e. The van der Waals surface area contributed by atoms with Gasteiger partial charge in [-0.3, -0.25) is 5.10 Å². The second-order valence-corrected chi connectivity index (χ2v) is 3.75. The molecule has 0 aliphatic rings. The molecular formula is C11H14N4O2. The van der Waals surface area contributed by atoms with Gasteiger partial charge in [0, 0.05) is 0 Å². The van der Waals surface area contributed by atoms with Gasteiger partial charge in [-0.15, -0.1) is 0 Å². The van der Waals surface area contributed by atoms with Crippen LogP contribution in [0.2, 0.25) is 0 Å². The molecule has 0 aliphatic carbocycles. The molecule has 6 nitrogen and oxygen atoms in total. The largest absolute Gasteiger partial charge is 0.362 e. The average Bonchev–Trinajstić information content (AvgIpc) is 2.79. The van der Waals surface area contributed by atoms with E-state index in [4.69, 9.17) is 15.9 Å². The second-order valence-electron chi connectivity index (χ2n) is 3.75. The predicted octanol–water partition coefficient (Wildman–Crippen LogP) is 0.0304. The normalized spacial score (nSPS) is 12.9. The monoisotopic (exact) mass is 234 g/mol. The number of aromatic amines is 1. The molecule has 0 saturated carbocycles. The maximum atomic E-state index is 8.89. The number of H-pyrrole nitrogens is 1. The van der Waals surface area contributed by atoms with E-state index in [0.29, 0.717) is 12.2 Å². The van der Waals surface area contributed by atoms with Gasteiger partial charge in [0.15, 0.2) is 11.6 Å². The Morgan fingerprint density at radius 2 is 1.94 bits per heavy atom. The highest BCUT2D eigenvalue weighted by atomic mass is 16.5. The van der Waals surface area contributed by atoms with Gasteiger partial charge in [0.05, 0.1) is 6.04 Å². The Labute approximate surface area is 98.1 Å². The van der Waals surface area contributed by atoms with Crippen molar-refractivity contribution in [2.24, 2.45) is 5.73 Å². The van der Waals surface area contributed by atoms with E-state index in [-0.39, 0.29) is 11.9 Å². The zero-order valence-corrected chi connectivity index (χ0v) is 9.11. The molecule has 0 spiro atoms. The fraction of sp³-hybridized carbons (Fsp3) is 0.273. The smallest absolute Gasteiger partial charge is 0.213 e. The van der Waals surface area contributed by atoms with E-state index in [2.05, 4.69) is 15.2 Å². The van der Waals surface area contributed by atoms with Crippen molar-refractivity contribution in [2.45, 2.75) is 18.8 Å².